The maximum Gasteiger partial charge on any atom is 0.230 e. The number of piperazine rings is 1. The maximum absolute atomic E-state index is 13.7. The average molecular weight is 347 g/mol. The van der Waals surface area contributed by atoms with Gasteiger partial charge in [-0.15, -0.1) is 0 Å². The van der Waals surface area contributed by atoms with Gasteiger partial charge in [-0.3, -0.25) is 4.79 Å². The first-order chi connectivity index (χ1) is 12.2. The molecule has 1 saturated carbocycles. The molecule has 1 aromatic carbocycles. The smallest absolute Gasteiger partial charge is 0.230 e. The number of carbonyl (C=O) groups excluding carboxylic acids is 1. The van der Waals surface area contributed by atoms with Crippen molar-refractivity contribution in [3.63, 3.8) is 0 Å². The Morgan fingerprint density at radius 2 is 1.96 bits per heavy atom. The molecule has 2 N–H and O–H groups in total. The van der Waals surface area contributed by atoms with Crippen molar-refractivity contribution in [3.8, 4) is 0 Å². The van der Waals surface area contributed by atoms with Crippen LogP contribution in [-0.2, 0) is 10.2 Å². The van der Waals surface area contributed by atoms with Gasteiger partial charge in [-0.2, -0.15) is 0 Å². The van der Waals surface area contributed by atoms with E-state index in [9.17, 15) is 9.18 Å². The molecule has 1 heterocycles. The monoisotopic (exact) mass is 347 g/mol. The van der Waals surface area contributed by atoms with Crippen LogP contribution in [-0.4, -0.2) is 50.1 Å². The van der Waals surface area contributed by atoms with E-state index in [4.69, 9.17) is 0 Å². The van der Waals surface area contributed by atoms with Gasteiger partial charge < -0.3 is 15.5 Å². The number of halogens is 1. The fraction of sp³-hybridized carbons (Fsp3) is 0.650. The Morgan fingerprint density at radius 3 is 2.68 bits per heavy atom. The standard InChI is InChI=1S/C20H30FN3O/c21-18-7-4-6-17(16-18)20(8-2-1-3-9-20)19(25)23-10-5-13-24-14-11-22-12-15-24/h4,6-7,16,22H,1-3,5,8-15H2,(H,23,25). The minimum Gasteiger partial charge on any atom is -0.355 e. The van der Waals surface area contributed by atoms with Crippen molar-refractivity contribution in [3.05, 3.63) is 35.6 Å². The topological polar surface area (TPSA) is 44.4 Å². The lowest BCUT2D eigenvalue weighted by molar-refractivity contribution is -0.128. The van der Waals surface area contributed by atoms with Gasteiger partial charge >= 0.3 is 0 Å². The molecule has 1 aliphatic carbocycles. The van der Waals surface area contributed by atoms with Gasteiger partial charge in [-0.1, -0.05) is 31.4 Å². The van der Waals surface area contributed by atoms with E-state index < -0.39 is 5.41 Å². The molecule has 0 radical (unpaired) electrons. The molecule has 5 heteroatoms. The number of rotatable bonds is 6. The van der Waals surface area contributed by atoms with Gasteiger partial charge in [0.1, 0.15) is 5.82 Å². The van der Waals surface area contributed by atoms with Gasteiger partial charge in [0.25, 0.3) is 0 Å². The van der Waals surface area contributed by atoms with E-state index in [1.54, 1.807) is 12.1 Å². The van der Waals surface area contributed by atoms with Crippen LogP contribution in [0.15, 0.2) is 24.3 Å². The molecule has 0 atom stereocenters. The van der Waals surface area contributed by atoms with Crippen molar-refractivity contribution in [1.29, 1.82) is 0 Å². The van der Waals surface area contributed by atoms with E-state index in [1.807, 2.05) is 6.07 Å². The summed E-state index contributed by atoms with van der Waals surface area (Å²) in [4.78, 5) is 15.5. The quantitative estimate of drug-likeness (QED) is 0.777. The summed E-state index contributed by atoms with van der Waals surface area (Å²) in [5.41, 5.74) is 0.293. The van der Waals surface area contributed by atoms with Crippen LogP contribution in [0.2, 0.25) is 0 Å². The molecule has 3 rings (SSSR count). The normalized spacial score (nSPS) is 21.0. The molecule has 2 aliphatic rings. The molecule has 0 unspecified atom stereocenters. The molecule has 0 bridgehead atoms. The minimum absolute atomic E-state index is 0.0816. The fourth-order valence-corrected chi connectivity index (χ4v) is 4.20. The van der Waals surface area contributed by atoms with Crippen LogP contribution in [0.1, 0.15) is 44.1 Å². The van der Waals surface area contributed by atoms with E-state index in [1.165, 1.54) is 6.07 Å². The molecule has 1 saturated heterocycles. The van der Waals surface area contributed by atoms with Gasteiger partial charge in [-0.05, 0) is 43.5 Å². The summed E-state index contributed by atoms with van der Waals surface area (Å²) in [6.07, 6.45) is 5.83. The third-order valence-corrected chi connectivity index (χ3v) is 5.67. The molecule has 25 heavy (non-hydrogen) atoms. The highest BCUT2D eigenvalue weighted by Crippen LogP contribution is 2.39. The van der Waals surface area contributed by atoms with Crippen molar-refractivity contribution < 1.29 is 9.18 Å². The molecule has 1 amide bonds. The van der Waals surface area contributed by atoms with Gasteiger partial charge in [-0.25, -0.2) is 4.39 Å². The van der Waals surface area contributed by atoms with Crippen molar-refractivity contribution in [2.24, 2.45) is 0 Å². The summed E-state index contributed by atoms with van der Waals surface area (Å²) in [5.74, 6) is -0.174. The van der Waals surface area contributed by atoms with E-state index in [0.717, 1.165) is 76.8 Å². The zero-order chi connectivity index (χ0) is 17.5. The molecule has 2 fully saturated rings. The highest BCUT2D eigenvalue weighted by molar-refractivity contribution is 5.88. The van der Waals surface area contributed by atoms with Crippen molar-refractivity contribution in [2.45, 2.75) is 43.9 Å². The summed E-state index contributed by atoms with van der Waals surface area (Å²) < 4.78 is 13.7. The van der Waals surface area contributed by atoms with Gasteiger partial charge in [0, 0.05) is 32.7 Å². The lowest BCUT2D eigenvalue weighted by Gasteiger charge is -2.36. The van der Waals surface area contributed by atoms with E-state index >= 15 is 0 Å². The zero-order valence-electron chi connectivity index (χ0n) is 15.0. The molecule has 1 aromatic rings. The molecule has 4 nitrogen and oxygen atoms in total. The number of benzene rings is 1. The Balaban J connectivity index is 1.58. The predicted octanol–water partition coefficient (Wildman–Crippen LogP) is 2.44. The molecule has 0 aromatic heterocycles. The molecule has 1 aliphatic heterocycles. The number of nitrogens with zero attached hydrogens (tertiary/aromatic N) is 1. The van der Waals surface area contributed by atoms with Crippen LogP contribution in [0.25, 0.3) is 0 Å². The lowest BCUT2D eigenvalue weighted by atomic mass is 9.68. The Morgan fingerprint density at radius 1 is 1.20 bits per heavy atom. The maximum atomic E-state index is 13.7. The average Bonchev–Trinajstić information content (AvgIpc) is 2.66. The third kappa shape index (κ3) is 4.59. The van der Waals surface area contributed by atoms with Crippen molar-refractivity contribution >= 4 is 5.91 Å². The van der Waals surface area contributed by atoms with E-state index in [0.29, 0.717) is 6.54 Å². The Labute approximate surface area is 150 Å². The lowest BCUT2D eigenvalue weighted by Crippen LogP contribution is -2.47. The van der Waals surface area contributed by atoms with Crippen LogP contribution < -0.4 is 10.6 Å². The largest absolute Gasteiger partial charge is 0.355 e. The second-order valence-corrected chi connectivity index (χ2v) is 7.35. The van der Waals surface area contributed by atoms with Crippen molar-refractivity contribution in [1.82, 2.24) is 15.5 Å². The van der Waals surface area contributed by atoms with Crippen LogP contribution >= 0.6 is 0 Å². The second-order valence-electron chi connectivity index (χ2n) is 7.35. The molecule has 0 spiro atoms. The van der Waals surface area contributed by atoms with E-state index in [-0.39, 0.29) is 11.7 Å². The summed E-state index contributed by atoms with van der Waals surface area (Å²) in [5, 5.41) is 6.50. The third-order valence-electron chi connectivity index (χ3n) is 5.67. The van der Waals surface area contributed by atoms with E-state index in [2.05, 4.69) is 15.5 Å². The first-order valence-electron chi connectivity index (χ1n) is 9.68. The highest BCUT2D eigenvalue weighted by atomic mass is 19.1. The summed E-state index contributed by atoms with van der Waals surface area (Å²) in [7, 11) is 0. The number of amides is 1. The molecular weight excluding hydrogens is 317 g/mol. The molecule has 138 valence electrons. The predicted molar refractivity (Wildman–Crippen MR) is 98.1 cm³/mol. The SMILES string of the molecule is O=C(NCCCN1CCNCC1)C1(c2cccc(F)c2)CCCCC1. The minimum atomic E-state index is -0.546. The van der Waals surface area contributed by atoms with Gasteiger partial charge in [0.15, 0.2) is 0 Å². The Kier molecular flexibility index (Phi) is 6.43. The van der Waals surface area contributed by atoms with Gasteiger partial charge in [0.05, 0.1) is 5.41 Å². The van der Waals surface area contributed by atoms with Crippen LogP contribution in [0.3, 0.4) is 0 Å². The number of hydrogen-bond acceptors (Lipinski definition) is 3. The number of nitrogens with one attached hydrogen (secondary N) is 2. The first kappa shape index (κ1) is 18.3. The molecular formula is C20H30FN3O. The van der Waals surface area contributed by atoms with Crippen LogP contribution in [0.5, 0.6) is 0 Å². The van der Waals surface area contributed by atoms with Crippen LogP contribution in [0, 0.1) is 5.82 Å². The Hall–Kier alpha value is -1.46. The Bertz CT molecular complexity index is 566. The summed E-state index contributed by atoms with van der Waals surface area (Å²) >= 11 is 0. The summed E-state index contributed by atoms with van der Waals surface area (Å²) in [6.45, 7) is 5.99. The van der Waals surface area contributed by atoms with Gasteiger partial charge in [0.2, 0.25) is 5.91 Å². The second kappa shape index (κ2) is 8.77. The fourth-order valence-electron chi connectivity index (χ4n) is 4.20. The zero-order valence-corrected chi connectivity index (χ0v) is 15.0. The first-order valence-corrected chi connectivity index (χ1v) is 9.68. The summed E-state index contributed by atoms with van der Waals surface area (Å²) in [6, 6.07) is 6.63. The number of hydrogen-bond donors (Lipinski definition) is 2. The number of carbonyl (C=O) groups is 1. The van der Waals surface area contributed by atoms with Crippen LogP contribution in [0.4, 0.5) is 4.39 Å². The highest BCUT2D eigenvalue weighted by Gasteiger charge is 2.41. The van der Waals surface area contributed by atoms with Crippen molar-refractivity contribution in [2.75, 3.05) is 39.3 Å².